The van der Waals surface area contributed by atoms with E-state index in [-0.39, 0.29) is 0 Å². The van der Waals surface area contributed by atoms with Crippen molar-refractivity contribution in [2.75, 3.05) is 6.61 Å². The van der Waals surface area contributed by atoms with E-state index in [1.165, 1.54) is 0 Å². The topological polar surface area (TPSA) is 62.1 Å². The fourth-order valence-corrected chi connectivity index (χ4v) is 0.138. The zero-order valence-electron chi connectivity index (χ0n) is 4.02. The summed E-state index contributed by atoms with van der Waals surface area (Å²) in [4.78, 5) is 13.9. The summed E-state index contributed by atoms with van der Waals surface area (Å²) >= 11 is 0. The van der Waals surface area contributed by atoms with Crippen LogP contribution >= 0.6 is 0 Å². The zero-order chi connectivity index (χ0) is 5.70. The molecule has 0 spiro atoms. The lowest BCUT2D eigenvalue weighted by molar-refractivity contribution is 0.0735. The highest BCUT2D eigenvalue weighted by molar-refractivity contribution is 5.69. The summed E-state index contributed by atoms with van der Waals surface area (Å²) in [6.45, 7) is 2.11. The zero-order valence-corrected chi connectivity index (χ0v) is 4.02. The van der Waals surface area contributed by atoms with Crippen molar-refractivity contribution in [2.45, 2.75) is 6.92 Å². The van der Waals surface area contributed by atoms with Gasteiger partial charge in [-0.3, -0.25) is 4.84 Å². The Labute approximate surface area is 41.6 Å². The van der Waals surface area contributed by atoms with E-state index in [0.29, 0.717) is 6.61 Å². The van der Waals surface area contributed by atoms with E-state index in [4.69, 9.17) is 5.73 Å². The van der Waals surface area contributed by atoms with Crippen LogP contribution in [-0.2, 0) is 4.84 Å². The molecule has 0 aromatic heterocycles. The third-order valence-corrected chi connectivity index (χ3v) is 0.309. The van der Waals surface area contributed by atoms with Crippen molar-refractivity contribution in [1.82, 2.24) is 11.2 Å². The molecule has 0 aliphatic carbocycles. The highest BCUT2D eigenvalue weighted by atomic mass is 16.7. The number of hydrogen-bond donors (Lipinski definition) is 1. The third kappa shape index (κ3) is 5.23. The van der Waals surface area contributed by atoms with Crippen LogP contribution in [0.2, 0.25) is 0 Å². The minimum atomic E-state index is -0.915. The molecule has 0 aliphatic rings. The monoisotopic (exact) mass is 103 g/mol. The Morgan fingerprint density at radius 3 is 2.71 bits per heavy atom. The molecule has 7 heavy (non-hydrogen) atoms. The van der Waals surface area contributed by atoms with Crippen LogP contribution in [0.25, 0.3) is 0 Å². The predicted octanol–water partition coefficient (Wildman–Crippen LogP) is -0.0696. The van der Waals surface area contributed by atoms with Gasteiger partial charge in [-0.1, -0.05) is 0 Å². The van der Waals surface area contributed by atoms with E-state index < -0.39 is 6.03 Å². The summed E-state index contributed by atoms with van der Waals surface area (Å²) < 4.78 is 0. The molecule has 41 valence electrons. The quantitative estimate of drug-likeness (QED) is 0.497. The average molecular weight is 103 g/mol. The van der Waals surface area contributed by atoms with Gasteiger partial charge in [0.25, 0.3) is 0 Å². The Morgan fingerprint density at radius 1 is 2.00 bits per heavy atom. The first-order valence-corrected chi connectivity index (χ1v) is 1.90. The van der Waals surface area contributed by atoms with Crippen LogP contribution in [0, 0.1) is 0 Å². The van der Waals surface area contributed by atoms with E-state index in [2.05, 4.69) is 4.84 Å². The Kier molecular flexibility index (Phi) is 3.04. The van der Waals surface area contributed by atoms with Crippen LogP contribution in [0.1, 0.15) is 6.92 Å². The fourth-order valence-electron chi connectivity index (χ4n) is 0.138. The molecule has 0 fully saturated rings. The first kappa shape index (κ1) is 6.23. The van der Waals surface area contributed by atoms with E-state index >= 15 is 0 Å². The van der Waals surface area contributed by atoms with E-state index in [1.54, 1.807) is 6.92 Å². The van der Waals surface area contributed by atoms with Crippen molar-refractivity contribution in [2.24, 2.45) is 0 Å². The lowest BCUT2D eigenvalue weighted by Gasteiger charge is -1.94. The predicted molar refractivity (Wildman–Crippen MR) is 23.3 cm³/mol. The molecule has 0 aromatic rings. The molecule has 1 radical (unpaired) electrons. The fraction of sp³-hybridized carbons (Fsp3) is 0.667. The van der Waals surface area contributed by atoms with Crippen LogP contribution in [-0.4, -0.2) is 12.6 Å². The van der Waals surface area contributed by atoms with Crippen molar-refractivity contribution >= 4 is 6.03 Å². The smallest absolute Gasteiger partial charge is 0.272 e. The minimum absolute atomic E-state index is 0.393. The highest BCUT2D eigenvalue weighted by Gasteiger charge is 1.85. The Morgan fingerprint density at radius 2 is 2.57 bits per heavy atom. The lowest BCUT2D eigenvalue weighted by atomic mass is 10.9. The Hall–Kier alpha value is -0.770. The van der Waals surface area contributed by atoms with Crippen LogP contribution in [0.5, 0.6) is 0 Å². The summed E-state index contributed by atoms with van der Waals surface area (Å²) in [7, 11) is 0. The number of amides is 2. The molecule has 0 bridgehead atoms. The maximum atomic E-state index is 9.63. The molecule has 0 aromatic carbocycles. The van der Waals surface area contributed by atoms with Crippen LogP contribution < -0.4 is 11.2 Å². The van der Waals surface area contributed by atoms with Gasteiger partial charge in [-0.2, -0.15) is 0 Å². The second-order valence-electron chi connectivity index (χ2n) is 0.864. The van der Waals surface area contributed by atoms with Crippen LogP contribution in [0.3, 0.4) is 0 Å². The summed E-state index contributed by atoms with van der Waals surface area (Å²) in [5, 5.41) is 0. The first-order valence-electron chi connectivity index (χ1n) is 1.90. The molecule has 2 N–H and O–H groups in total. The molecule has 0 atom stereocenters. The van der Waals surface area contributed by atoms with Gasteiger partial charge in [0.15, 0.2) is 0 Å². The number of carbonyl (C=O) groups excluding carboxylic acids is 1. The summed E-state index contributed by atoms with van der Waals surface area (Å²) in [6, 6.07) is -0.915. The van der Waals surface area contributed by atoms with Gasteiger partial charge in [0.1, 0.15) is 0 Å². The molecule has 0 aliphatic heterocycles. The molecule has 0 unspecified atom stereocenters. The number of hydrogen-bond acceptors (Lipinski definition) is 2. The van der Waals surface area contributed by atoms with Crippen molar-refractivity contribution < 1.29 is 9.63 Å². The van der Waals surface area contributed by atoms with E-state index in [0.717, 1.165) is 0 Å². The standard InChI is InChI=1S/C3H7N2O2/c1-2-7-5-3(4)6/h4H,2H2,1H3,(H,5,6). The number of hydroxylamine groups is 1. The van der Waals surface area contributed by atoms with Gasteiger partial charge in [-0.25, -0.2) is 16.0 Å². The van der Waals surface area contributed by atoms with Gasteiger partial charge >= 0.3 is 6.03 Å². The average Bonchev–Trinajstić information content (AvgIpc) is 1.61. The SMILES string of the molecule is CCONC([NH])=O. The van der Waals surface area contributed by atoms with Gasteiger partial charge in [0, 0.05) is 0 Å². The van der Waals surface area contributed by atoms with Crippen LogP contribution in [0.15, 0.2) is 0 Å². The Balaban J connectivity index is 2.82. The van der Waals surface area contributed by atoms with Gasteiger partial charge in [0.05, 0.1) is 6.61 Å². The summed E-state index contributed by atoms with van der Waals surface area (Å²) in [6.07, 6.45) is 0. The van der Waals surface area contributed by atoms with E-state index in [1.807, 2.05) is 5.48 Å². The molecule has 0 saturated carbocycles. The largest absolute Gasteiger partial charge is 0.357 e. The molecule has 0 heterocycles. The Bertz CT molecular complexity index is 64.0. The number of nitrogens with one attached hydrogen (secondary N) is 2. The maximum Gasteiger partial charge on any atom is 0.357 e. The van der Waals surface area contributed by atoms with Crippen molar-refractivity contribution in [3.8, 4) is 0 Å². The van der Waals surface area contributed by atoms with Crippen molar-refractivity contribution in [3.63, 3.8) is 0 Å². The maximum absolute atomic E-state index is 9.63. The molecular weight excluding hydrogens is 96.0 g/mol. The molecular formula is C3H7N2O2. The summed E-state index contributed by atoms with van der Waals surface area (Å²) in [5.74, 6) is 0. The highest BCUT2D eigenvalue weighted by Crippen LogP contribution is 1.61. The third-order valence-electron chi connectivity index (χ3n) is 0.309. The van der Waals surface area contributed by atoms with Crippen molar-refractivity contribution in [1.29, 1.82) is 0 Å². The second-order valence-corrected chi connectivity index (χ2v) is 0.864. The van der Waals surface area contributed by atoms with Gasteiger partial charge in [-0.05, 0) is 6.92 Å². The van der Waals surface area contributed by atoms with Gasteiger partial charge < -0.3 is 0 Å². The van der Waals surface area contributed by atoms with Crippen molar-refractivity contribution in [3.05, 3.63) is 0 Å². The number of rotatable bonds is 2. The minimum Gasteiger partial charge on any atom is -0.272 e. The lowest BCUT2D eigenvalue weighted by Crippen LogP contribution is -2.22. The molecule has 4 heteroatoms. The second kappa shape index (κ2) is 3.42. The first-order chi connectivity index (χ1) is 3.27. The van der Waals surface area contributed by atoms with E-state index in [9.17, 15) is 4.79 Å². The molecule has 0 saturated heterocycles. The normalized spacial score (nSPS) is 8.14. The number of carbonyl (C=O) groups is 1. The number of urea groups is 1. The molecule has 0 rings (SSSR count). The summed E-state index contributed by atoms with van der Waals surface area (Å²) in [5.41, 5.74) is 8.03. The van der Waals surface area contributed by atoms with Gasteiger partial charge in [-0.15, -0.1) is 0 Å². The molecule has 2 amide bonds. The van der Waals surface area contributed by atoms with Crippen LogP contribution in [0.4, 0.5) is 4.79 Å². The molecule has 4 nitrogen and oxygen atoms in total. The van der Waals surface area contributed by atoms with Gasteiger partial charge in [0.2, 0.25) is 0 Å².